The van der Waals surface area contributed by atoms with Gasteiger partial charge in [0.25, 0.3) is 0 Å². The highest BCUT2D eigenvalue weighted by Gasteiger charge is 2.10. The largest absolute Gasteiger partial charge is 0.495 e. The molecule has 0 aromatic heterocycles. The van der Waals surface area contributed by atoms with Crippen LogP contribution in [0.3, 0.4) is 0 Å². The van der Waals surface area contributed by atoms with Crippen LogP contribution >= 0.6 is 22.6 Å². The predicted molar refractivity (Wildman–Crippen MR) is 85.7 cm³/mol. The van der Waals surface area contributed by atoms with Crippen LogP contribution in [0.5, 0.6) is 5.75 Å². The van der Waals surface area contributed by atoms with E-state index in [1.54, 1.807) is 18.2 Å². The van der Waals surface area contributed by atoms with Crippen LogP contribution in [0.2, 0.25) is 0 Å². The molecule has 0 aliphatic rings. The highest BCUT2D eigenvalue weighted by atomic mass is 127. The first kappa shape index (κ1) is 14.6. The molecule has 0 unspecified atom stereocenters. The minimum absolute atomic E-state index is 0.238. The van der Waals surface area contributed by atoms with Gasteiger partial charge in [-0.05, 0) is 58.5 Å². The summed E-state index contributed by atoms with van der Waals surface area (Å²) in [4.78, 5) is 11.9. The van der Waals surface area contributed by atoms with Crippen LogP contribution in [0.15, 0.2) is 42.5 Å². The minimum atomic E-state index is -0.405. The summed E-state index contributed by atoms with van der Waals surface area (Å²) in [5.41, 5.74) is 7.53. The number of hydrogen-bond donors (Lipinski definition) is 1. The maximum atomic E-state index is 11.9. The third-order valence-corrected chi connectivity index (χ3v) is 3.47. The molecule has 2 N–H and O–H groups in total. The summed E-state index contributed by atoms with van der Waals surface area (Å²) in [6, 6.07) is 12.6. The van der Waals surface area contributed by atoms with Crippen LogP contribution in [0.25, 0.3) is 0 Å². The fraction of sp³-hybridized carbons (Fsp3) is 0.133. The van der Waals surface area contributed by atoms with Crippen LogP contribution < -0.4 is 10.5 Å². The van der Waals surface area contributed by atoms with E-state index in [0.29, 0.717) is 17.0 Å². The lowest BCUT2D eigenvalue weighted by Crippen LogP contribution is -2.06. The second-order valence-electron chi connectivity index (χ2n) is 4.16. The Kier molecular flexibility index (Phi) is 4.84. The van der Waals surface area contributed by atoms with Gasteiger partial charge in [-0.2, -0.15) is 0 Å². The van der Waals surface area contributed by atoms with Gasteiger partial charge >= 0.3 is 5.97 Å². The second kappa shape index (κ2) is 6.60. The van der Waals surface area contributed by atoms with Gasteiger partial charge in [-0.1, -0.05) is 12.1 Å². The number of nitrogens with two attached hydrogens (primary N) is 1. The summed E-state index contributed by atoms with van der Waals surface area (Å²) in [6.45, 7) is 0.238. The average Bonchev–Trinajstić information content (AvgIpc) is 2.46. The van der Waals surface area contributed by atoms with Crippen molar-refractivity contribution in [3.05, 3.63) is 57.2 Å². The molecule has 4 nitrogen and oxygen atoms in total. The molecule has 2 rings (SSSR count). The number of anilines is 1. The van der Waals surface area contributed by atoms with Crippen molar-refractivity contribution >= 4 is 34.2 Å². The molecule has 20 heavy (non-hydrogen) atoms. The van der Waals surface area contributed by atoms with Gasteiger partial charge in [-0.25, -0.2) is 4.79 Å². The van der Waals surface area contributed by atoms with Crippen LogP contribution in [0, 0.1) is 3.57 Å². The van der Waals surface area contributed by atoms with E-state index >= 15 is 0 Å². The molecule has 0 heterocycles. The van der Waals surface area contributed by atoms with Crippen molar-refractivity contribution in [3.8, 4) is 5.75 Å². The van der Waals surface area contributed by atoms with E-state index in [1.807, 2.05) is 24.3 Å². The first-order chi connectivity index (χ1) is 9.60. The number of esters is 1. The summed E-state index contributed by atoms with van der Waals surface area (Å²) in [6.07, 6.45) is 0. The molecule has 104 valence electrons. The van der Waals surface area contributed by atoms with Crippen LogP contribution in [-0.2, 0) is 11.3 Å². The number of rotatable bonds is 4. The number of carbonyl (C=O) groups excluding carboxylic acids is 1. The maximum Gasteiger partial charge on any atom is 0.338 e. The monoisotopic (exact) mass is 383 g/mol. The van der Waals surface area contributed by atoms with Gasteiger partial charge in [-0.15, -0.1) is 0 Å². The molecule has 5 heteroatoms. The lowest BCUT2D eigenvalue weighted by atomic mass is 10.2. The standard InChI is InChI=1S/C15H14INO3/c1-19-14-7-4-11(8-13(14)17)15(18)20-9-10-2-5-12(16)6-3-10/h2-8H,9,17H2,1H3. The molecule has 0 bridgehead atoms. The van der Waals surface area contributed by atoms with E-state index in [-0.39, 0.29) is 6.61 Å². The van der Waals surface area contributed by atoms with Crippen LogP contribution in [0.1, 0.15) is 15.9 Å². The highest BCUT2D eigenvalue weighted by Crippen LogP contribution is 2.22. The summed E-state index contributed by atoms with van der Waals surface area (Å²) in [5.74, 6) is 0.136. The maximum absolute atomic E-state index is 11.9. The molecule has 0 spiro atoms. The van der Waals surface area contributed by atoms with Gasteiger partial charge in [0, 0.05) is 3.57 Å². The Morgan fingerprint density at radius 2 is 1.90 bits per heavy atom. The number of hydrogen-bond acceptors (Lipinski definition) is 4. The summed E-state index contributed by atoms with van der Waals surface area (Å²) in [5, 5.41) is 0. The molecule has 0 aliphatic heterocycles. The number of ether oxygens (including phenoxy) is 2. The Morgan fingerprint density at radius 3 is 2.50 bits per heavy atom. The minimum Gasteiger partial charge on any atom is -0.495 e. The van der Waals surface area contributed by atoms with E-state index in [4.69, 9.17) is 15.2 Å². The molecule has 0 aliphatic carbocycles. The first-order valence-corrected chi connectivity index (χ1v) is 7.03. The lowest BCUT2D eigenvalue weighted by Gasteiger charge is -2.08. The number of methoxy groups -OCH3 is 1. The van der Waals surface area contributed by atoms with E-state index in [9.17, 15) is 4.79 Å². The van der Waals surface area contributed by atoms with E-state index < -0.39 is 5.97 Å². The normalized spacial score (nSPS) is 10.1. The molecule has 0 atom stereocenters. The summed E-state index contributed by atoms with van der Waals surface area (Å²) < 4.78 is 11.4. The fourth-order valence-corrected chi connectivity index (χ4v) is 2.03. The van der Waals surface area contributed by atoms with E-state index in [2.05, 4.69) is 22.6 Å². The van der Waals surface area contributed by atoms with Gasteiger partial charge in [0.2, 0.25) is 0 Å². The number of carbonyl (C=O) groups is 1. The molecule has 0 fully saturated rings. The Labute approximate surface area is 131 Å². The Hall–Kier alpha value is -1.76. The third-order valence-electron chi connectivity index (χ3n) is 2.75. The summed E-state index contributed by atoms with van der Waals surface area (Å²) >= 11 is 2.22. The average molecular weight is 383 g/mol. The van der Waals surface area contributed by atoms with Crippen LogP contribution in [0.4, 0.5) is 5.69 Å². The zero-order valence-corrected chi connectivity index (χ0v) is 13.1. The first-order valence-electron chi connectivity index (χ1n) is 5.95. The Bertz CT molecular complexity index is 611. The van der Waals surface area contributed by atoms with Crippen molar-refractivity contribution in [1.82, 2.24) is 0 Å². The fourth-order valence-electron chi connectivity index (χ4n) is 1.67. The van der Waals surface area contributed by atoms with Crippen molar-refractivity contribution in [2.45, 2.75) is 6.61 Å². The molecule has 0 saturated carbocycles. The zero-order valence-electron chi connectivity index (χ0n) is 10.9. The molecule has 0 radical (unpaired) electrons. The van der Waals surface area contributed by atoms with Gasteiger partial charge in [0.05, 0.1) is 18.4 Å². The second-order valence-corrected chi connectivity index (χ2v) is 5.40. The van der Waals surface area contributed by atoms with Crippen molar-refractivity contribution in [2.75, 3.05) is 12.8 Å². The smallest absolute Gasteiger partial charge is 0.338 e. The predicted octanol–water partition coefficient (Wildman–Crippen LogP) is 3.24. The Morgan fingerprint density at radius 1 is 1.20 bits per heavy atom. The van der Waals surface area contributed by atoms with Crippen LogP contribution in [-0.4, -0.2) is 13.1 Å². The quantitative estimate of drug-likeness (QED) is 0.500. The number of benzene rings is 2. The lowest BCUT2D eigenvalue weighted by molar-refractivity contribution is 0.0472. The summed E-state index contributed by atoms with van der Waals surface area (Å²) in [7, 11) is 1.53. The Balaban J connectivity index is 2.01. The number of halogens is 1. The van der Waals surface area contributed by atoms with Gasteiger partial charge < -0.3 is 15.2 Å². The van der Waals surface area contributed by atoms with Crippen molar-refractivity contribution < 1.29 is 14.3 Å². The van der Waals surface area contributed by atoms with Crippen molar-refractivity contribution in [2.24, 2.45) is 0 Å². The highest BCUT2D eigenvalue weighted by molar-refractivity contribution is 14.1. The van der Waals surface area contributed by atoms with Gasteiger partial charge in [0.1, 0.15) is 12.4 Å². The number of nitrogen functional groups attached to an aromatic ring is 1. The SMILES string of the molecule is COc1ccc(C(=O)OCc2ccc(I)cc2)cc1N. The molecule has 2 aromatic rings. The van der Waals surface area contributed by atoms with E-state index in [1.165, 1.54) is 7.11 Å². The zero-order chi connectivity index (χ0) is 14.5. The topological polar surface area (TPSA) is 61.5 Å². The molecule has 0 amide bonds. The molecular formula is C15H14INO3. The van der Waals surface area contributed by atoms with Gasteiger partial charge in [-0.3, -0.25) is 0 Å². The van der Waals surface area contributed by atoms with Crippen molar-refractivity contribution in [1.29, 1.82) is 0 Å². The van der Waals surface area contributed by atoms with Crippen molar-refractivity contribution in [3.63, 3.8) is 0 Å². The third kappa shape index (κ3) is 3.63. The van der Waals surface area contributed by atoms with Gasteiger partial charge in [0.15, 0.2) is 0 Å². The molecular weight excluding hydrogens is 369 g/mol. The molecule has 0 saturated heterocycles. The molecule has 2 aromatic carbocycles. The van der Waals surface area contributed by atoms with E-state index in [0.717, 1.165) is 9.13 Å².